The number of nitrogens with two attached hydrogens (primary N) is 1. The predicted octanol–water partition coefficient (Wildman–Crippen LogP) is 4.57. The lowest BCUT2D eigenvalue weighted by atomic mass is 10.0. The number of hydrogen-bond donors (Lipinski definition) is 1. The van der Waals surface area contributed by atoms with Crippen molar-refractivity contribution in [3.8, 4) is 0 Å². The Morgan fingerprint density at radius 1 is 1.27 bits per heavy atom. The van der Waals surface area contributed by atoms with E-state index in [4.69, 9.17) is 28.9 Å². The lowest BCUT2D eigenvalue weighted by Gasteiger charge is -2.13. The highest BCUT2D eigenvalue weighted by atomic mass is 35.5. The molecule has 3 heteroatoms. The third-order valence-corrected chi connectivity index (χ3v) is 3.04. The van der Waals surface area contributed by atoms with Crippen LogP contribution in [0.2, 0.25) is 10.0 Å². The van der Waals surface area contributed by atoms with E-state index in [1.807, 2.05) is 12.1 Å². The van der Waals surface area contributed by atoms with Crippen LogP contribution in [0.4, 0.5) is 0 Å². The van der Waals surface area contributed by atoms with Crippen LogP contribution < -0.4 is 5.73 Å². The van der Waals surface area contributed by atoms with Gasteiger partial charge in [-0.2, -0.15) is 0 Å². The Kier molecular flexibility index (Phi) is 5.44. The van der Waals surface area contributed by atoms with E-state index in [1.165, 1.54) is 12.8 Å². The van der Waals surface area contributed by atoms with Gasteiger partial charge in [-0.3, -0.25) is 0 Å². The van der Waals surface area contributed by atoms with E-state index in [0.29, 0.717) is 10.0 Å². The van der Waals surface area contributed by atoms with Gasteiger partial charge in [0.2, 0.25) is 0 Å². The molecule has 0 amide bonds. The molecule has 1 atom stereocenters. The van der Waals surface area contributed by atoms with Crippen LogP contribution in [0.15, 0.2) is 18.2 Å². The monoisotopic (exact) mass is 245 g/mol. The predicted molar refractivity (Wildman–Crippen MR) is 67.5 cm³/mol. The molecular formula is C12H17Cl2N. The van der Waals surface area contributed by atoms with Gasteiger partial charge in [0.1, 0.15) is 0 Å². The molecule has 1 unspecified atom stereocenters. The van der Waals surface area contributed by atoms with E-state index < -0.39 is 0 Å². The average Bonchev–Trinajstić information content (AvgIpc) is 2.17. The molecule has 0 saturated heterocycles. The fraction of sp³-hybridized carbons (Fsp3) is 0.500. The number of rotatable bonds is 5. The Bertz CT molecular complexity index is 312. The van der Waals surface area contributed by atoms with Crippen molar-refractivity contribution in [3.05, 3.63) is 33.8 Å². The third-order valence-electron chi connectivity index (χ3n) is 2.48. The zero-order valence-corrected chi connectivity index (χ0v) is 10.5. The molecule has 1 aromatic rings. The summed E-state index contributed by atoms with van der Waals surface area (Å²) in [5, 5.41) is 1.33. The van der Waals surface area contributed by atoms with Crippen molar-refractivity contribution in [2.45, 2.75) is 38.6 Å². The number of unbranched alkanes of at least 4 members (excludes halogenated alkanes) is 2. The number of benzene rings is 1. The molecule has 0 radical (unpaired) electrons. The third kappa shape index (κ3) is 4.02. The first-order chi connectivity index (χ1) is 7.15. The smallest absolute Gasteiger partial charge is 0.0468 e. The molecule has 0 aliphatic rings. The molecule has 1 rings (SSSR count). The molecule has 0 aromatic heterocycles. The topological polar surface area (TPSA) is 26.0 Å². The summed E-state index contributed by atoms with van der Waals surface area (Å²) in [4.78, 5) is 0. The maximum Gasteiger partial charge on any atom is 0.0468 e. The van der Waals surface area contributed by atoms with Crippen molar-refractivity contribution in [3.63, 3.8) is 0 Å². The van der Waals surface area contributed by atoms with E-state index in [9.17, 15) is 0 Å². The van der Waals surface area contributed by atoms with Crippen molar-refractivity contribution in [1.82, 2.24) is 0 Å². The summed E-state index contributed by atoms with van der Waals surface area (Å²) in [6.07, 6.45) is 4.56. The van der Waals surface area contributed by atoms with Gasteiger partial charge in [-0.25, -0.2) is 0 Å². The van der Waals surface area contributed by atoms with Crippen LogP contribution in [0.3, 0.4) is 0 Å². The van der Waals surface area contributed by atoms with Gasteiger partial charge in [0.15, 0.2) is 0 Å². The fourth-order valence-electron chi connectivity index (χ4n) is 1.57. The molecule has 15 heavy (non-hydrogen) atoms. The summed E-state index contributed by atoms with van der Waals surface area (Å²) in [6.45, 7) is 2.18. The zero-order valence-electron chi connectivity index (χ0n) is 8.97. The van der Waals surface area contributed by atoms with Crippen LogP contribution in [0, 0.1) is 0 Å². The van der Waals surface area contributed by atoms with E-state index in [1.54, 1.807) is 6.07 Å². The van der Waals surface area contributed by atoms with Crippen LogP contribution >= 0.6 is 23.2 Å². The van der Waals surface area contributed by atoms with Crippen molar-refractivity contribution < 1.29 is 0 Å². The summed E-state index contributed by atoms with van der Waals surface area (Å²) in [5.74, 6) is 0. The minimum Gasteiger partial charge on any atom is -0.324 e. The zero-order chi connectivity index (χ0) is 11.3. The largest absolute Gasteiger partial charge is 0.324 e. The highest BCUT2D eigenvalue weighted by Crippen LogP contribution is 2.27. The van der Waals surface area contributed by atoms with Crippen molar-refractivity contribution in [2.75, 3.05) is 0 Å². The van der Waals surface area contributed by atoms with Gasteiger partial charge in [-0.1, -0.05) is 55.5 Å². The molecule has 1 aromatic carbocycles. The van der Waals surface area contributed by atoms with Crippen LogP contribution in [0.25, 0.3) is 0 Å². The molecular weight excluding hydrogens is 229 g/mol. The average molecular weight is 246 g/mol. The minimum atomic E-state index is 0.0290. The molecule has 1 nitrogen and oxygen atoms in total. The second-order valence-electron chi connectivity index (χ2n) is 3.77. The molecule has 0 saturated carbocycles. The summed E-state index contributed by atoms with van der Waals surface area (Å²) in [6, 6.07) is 5.53. The van der Waals surface area contributed by atoms with Gasteiger partial charge in [-0.15, -0.1) is 0 Å². The highest BCUT2D eigenvalue weighted by Gasteiger charge is 2.09. The normalized spacial score (nSPS) is 12.8. The van der Waals surface area contributed by atoms with E-state index in [2.05, 4.69) is 6.92 Å². The molecule has 0 bridgehead atoms. The maximum atomic E-state index is 6.07. The second-order valence-corrected chi connectivity index (χ2v) is 4.61. The first kappa shape index (κ1) is 12.8. The second kappa shape index (κ2) is 6.37. The molecule has 0 aliphatic heterocycles. The van der Waals surface area contributed by atoms with Crippen LogP contribution in [0.1, 0.15) is 44.2 Å². The van der Waals surface area contributed by atoms with Crippen LogP contribution in [0.5, 0.6) is 0 Å². The van der Waals surface area contributed by atoms with Crippen molar-refractivity contribution >= 4 is 23.2 Å². The van der Waals surface area contributed by atoms with Gasteiger partial charge < -0.3 is 5.73 Å². The van der Waals surface area contributed by atoms with Gasteiger partial charge in [0.25, 0.3) is 0 Å². The summed E-state index contributed by atoms with van der Waals surface area (Å²) in [7, 11) is 0. The number of hydrogen-bond acceptors (Lipinski definition) is 1. The number of halogens is 2. The first-order valence-corrected chi connectivity index (χ1v) is 6.11. The highest BCUT2D eigenvalue weighted by molar-refractivity contribution is 6.35. The van der Waals surface area contributed by atoms with E-state index >= 15 is 0 Å². The Hall–Kier alpha value is -0.240. The van der Waals surface area contributed by atoms with E-state index in [-0.39, 0.29) is 6.04 Å². The minimum absolute atomic E-state index is 0.0290. The van der Waals surface area contributed by atoms with Gasteiger partial charge in [0.05, 0.1) is 0 Å². The quantitative estimate of drug-likeness (QED) is 0.756. The lowest BCUT2D eigenvalue weighted by Crippen LogP contribution is -2.10. The Morgan fingerprint density at radius 2 is 2.00 bits per heavy atom. The van der Waals surface area contributed by atoms with Gasteiger partial charge in [0, 0.05) is 16.1 Å². The van der Waals surface area contributed by atoms with Gasteiger partial charge in [-0.05, 0) is 24.1 Å². The molecule has 0 heterocycles. The molecule has 0 spiro atoms. The molecule has 0 fully saturated rings. The van der Waals surface area contributed by atoms with E-state index in [0.717, 1.165) is 18.4 Å². The Labute approximate surface area is 102 Å². The summed E-state index contributed by atoms with van der Waals surface area (Å²) in [5.41, 5.74) is 7.06. The lowest BCUT2D eigenvalue weighted by molar-refractivity contribution is 0.581. The standard InChI is InChI=1S/C12H17Cl2N/c1-2-3-4-5-12(15)10-7-6-9(13)8-11(10)14/h6-8,12H,2-5,15H2,1H3. The SMILES string of the molecule is CCCCCC(N)c1ccc(Cl)cc1Cl. The summed E-state index contributed by atoms with van der Waals surface area (Å²) >= 11 is 11.9. The molecule has 0 aliphatic carbocycles. The maximum absolute atomic E-state index is 6.07. The molecule has 2 N–H and O–H groups in total. The van der Waals surface area contributed by atoms with Crippen molar-refractivity contribution in [2.24, 2.45) is 5.73 Å². The van der Waals surface area contributed by atoms with Crippen molar-refractivity contribution in [1.29, 1.82) is 0 Å². The fourth-order valence-corrected chi connectivity index (χ4v) is 2.12. The van der Waals surface area contributed by atoms with Crippen LogP contribution in [-0.2, 0) is 0 Å². The Morgan fingerprint density at radius 3 is 2.60 bits per heavy atom. The Balaban J connectivity index is 2.61. The van der Waals surface area contributed by atoms with Gasteiger partial charge >= 0.3 is 0 Å². The molecule has 84 valence electrons. The first-order valence-electron chi connectivity index (χ1n) is 5.35. The summed E-state index contributed by atoms with van der Waals surface area (Å²) < 4.78 is 0. The van der Waals surface area contributed by atoms with Crippen LogP contribution in [-0.4, -0.2) is 0 Å².